The normalized spacial score (nSPS) is 13.6. The van der Waals surface area contributed by atoms with Crippen molar-refractivity contribution in [3.05, 3.63) is 33.6 Å². The van der Waals surface area contributed by atoms with Crippen LogP contribution in [0.1, 0.15) is 34.3 Å². The summed E-state index contributed by atoms with van der Waals surface area (Å²) < 4.78 is 31.4. The van der Waals surface area contributed by atoms with Crippen LogP contribution in [0.2, 0.25) is 0 Å². The van der Waals surface area contributed by atoms with E-state index in [1.165, 1.54) is 11.3 Å². The summed E-state index contributed by atoms with van der Waals surface area (Å²) in [6.07, 6.45) is 1.73. The Morgan fingerprint density at radius 1 is 1.47 bits per heavy atom. The molecule has 0 saturated heterocycles. The molecule has 0 radical (unpaired) electrons. The first-order valence-corrected chi connectivity index (χ1v) is 8.17. The second-order valence-electron chi connectivity index (χ2n) is 4.34. The van der Waals surface area contributed by atoms with Gasteiger partial charge in [0.1, 0.15) is 22.2 Å². The highest BCUT2D eigenvalue weighted by atomic mass is 32.2. The molecule has 2 aromatic heterocycles. The van der Waals surface area contributed by atoms with Crippen molar-refractivity contribution >= 4 is 21.4 Å². The van der Waals surface area contributed by atoms with Gasteiger partial charge in [-0.05, 0) is 20.8 Å². The smallest absolute Gasteiger partial charge is 0.218 e. The molecule has 8 heteroatoms. The van der Waals surface area contributed by atoms with E-state index in [4.69, 9.17) is 4.52 Å². The van der Waals surface area contributed by atoms with Gasteiger partial charge < -0.3 is 4.52 Å². The van der Waals surface area contributed by atoms with Crippen LogP contribution >= 0.6 is 11.3 Å². The molecule has 0 bridgehead atoms. The van der Waals surface area contributed by atoms with Crippen LogP contribution in [0.15, 0.2) is 16.8 Å². The summed E-state index contributed by atoms with van der Waals surface area (Å²) in [4.78, 5) is 5.22. The summed E-state index contributed by atoms with van der Waals surface area (Å²) in [6.45, 7) is 5.42. The quantitative estimate of drug-likeness (QED) is 0.912. The second-order valence-corrected chi connectivity index (χ2v) is 7.36. The number of aromatic nitrogens is 2. The number of sulfonamides is 1. The summed E-state index contributed by atoms with van der Waals surface area (Å²) in [5, 5.41) is 4.43. The van der Waals surface area contributed by atoms with Gasteiger partial charge in [-0.2, -0.15) is 0 Å². The number of nitrogens with zero attached hydrogens (tertiary/aromatic N) is 2. The molecular weight excluding hydrogens is 286 g/mol. The third-order valence-electron chi connectivity index (χ3n) is 2.38. The molecule has 0 saturated carbocycles. The Hall–Kier alpha value is -1.25. The first kappa shape index (κ1) is 14.2. The molecule has 0 aliphatic heterocycles. The fourth-order valence-electron chi connectivity index (χ4n) is 1.61. The van der Waals surface area contributed by atoms with E-state index in [0.29, 0.717) is 11.5 Å². The number of hydrogen-bond donors (Lipinski definition) is 1. The lowest BCUT2D eigenvalue weighted by Crippen LogP contribution is -2.28. The van der Waals surface area contributed by atoms with E-state index >= 15 is 0 Å². The van der Waals surface area contributed by atoms with Gasteiger partial charge in [-0.3, -0.25) is 0 Å². The maximum absolute atomic E-state index is 12.0. The lowest BCUT2D eigenvalue weighted by molar-refractivity contribution is 0.392. The maximum atomic E-state index is 12.0. The van der Waals surface area contributed by atoms with Gasteiger partial charge in [-0.1, -0.05) is 5.16 Å². The summed E-state index contributed by atoms with van der Waals surface area (Å²) in [5.74, 6) is 0.396. The fraction of sp³-hybridized carbons (Fsp3) is 0.455. The van der Waals surface area contributed by atoms with Crippen LogP contribution in [0, 0.1) is 13.8 Å². The van der Waals surface area contributed by atoms with Gasteiger partial charge in [0.25, 0.3) is 0 Å². The zero-order valence-electron chi connectivity index (χ0n) is 10.9. The average Bonchev–Trinajstić information content (AvgIpc) is 2.86. The summed E-state index contributed by atoms with van der Waals surface area (Å²) >= 11 is 1.47. The molecule has 0 aromatic carbocycles. The summed E-state index contributed by atoms with van der Waals surface area (Å²) in [6, 6.07) is 1.26. The van der Waals surface area contributed by atoms with Crippen LogP contribution in [0.3, 0.4) is 0 Å². The lowest BCUT2D eigenvalue weighted by Gasteiger charge is -2.10. The fourth-order valence-corrected chi connectivity index (χ4v) is 3.72. The van der Waals surface area contributed by atoms with Crippen LogP contribution in [-0.2, 0) is 15.8 Å². The number of nitrogens with one attached hydrogen (secondary N) is 1. The van der Waals surface area contributed by atoms with Gasteiger partial charge in [-0.25, -0.2) is 18.1 Å². The average molecular weight is 301 g/mol. The van der Waals surface area contributed by atoms with Crippen molar-refractivity contribution in [3.8, 4) is 0 Å². The van der Waals surface area contributed by atoms with Gasteiger partial charge in [0.15, 0.2) is 0 Å². The topological polar surface area (TPSA) is 85.1 Å². The highest BCUT2D eigenvalue weighted by molar-refractivity contribution is 7.88. The Bertz CT molecular complexity index is 660. The molecule has 2 rings (SSSR count). The van der Waals surface area contributed by atoms with Crippen molar-refractivity contribution in [1.29, 1.82) is 0 Å². The van der Waals surface area contributed by atoms with Crippen LogP contribution in [0.4, 0.5) is 0 Å². The second kappa shape index (κ2) is 5.40. The van der Waals surface area contributed by atoms with Gasteiger partial charge >= 0.3 is 0 Å². The Kier molecular flexibility index (Phi) is 4.02. The van der Waals surface area contributed by atoms with Crippen LogP contribution in [0.25, 0.3) is 0 Å². The molecule has 104 valence electrons. The Balaban J connectivity index is 2.04. The van der Waals surface area contributed by atoms with E-state index in [2.05, 4.69) is 14.9 Å². The number of hydrogen-bond acceptors (Lipinski definition) is 6. The maximum Gasteiger partial charge on any atom is 0.218 e. The largest absolute Gasteiger partial charge is 0.361 e. The molecule has 2 heterocycles. The summed E-state index contributed by atoms with van der Waals surface area (Å²) in [7, 11) is -3.47. The Labute approximate surface area is 115 Å². The van der Waals surface area contributed by atoms with Crippen molar-refractivity contribution in [1.82, 2.24) is 14.9 Å². The zero-order valence-corrected chi connectivity index (χ0v) is 12.5. The molecule has 6 nitrogen and oxygen atoms in total. The minimum Gasteiger partial charge on any atom is -0.361 e. The molecule has 0 fully saturated rings. The first-order chi connectivity index (χ1) is 8.85. The predicted octanol–water partition coefficient (Wildman–Crippen LogP) is 1.93. The van der Waals surface area contributed by atoms with Crippen molar-refractivity contribution in [2.45, 2.75) is 32.6 Å². The van der Waals surface area contributed by atoms with Crippen molar-refractivity contribution in [3.63, 3.8) is 0 Å². The van der Waals surface area contributed by atoms with Gasteiger partial charge in [0, 0.05) is 17.1 Å². The number of thiazole rings is 1. The molecule has 19 heavy (non-hydrogen) atoms. The molecule has 2 aromatic rings. The Morgan fingerprint density at radius 3 is 2.74 bits per heavy atom. The third kappa shape index (κ3) is 3.85. The van der Waals surface area contributed by atoms with Gasteiger partial charge in [0.05, 0.1) is 6.04 Å². The van der Waals surface area contributed by atoms with Crippen molar-refractivity contribution in [2.75, 3.05) is 0 Å². The molecule has 0 aliphatic carbocycles. The molecule has 0 amide bonds. The van der Waals surface area contributed by atoms with E-state index in [1.807, 2.05) is 6.92 Å². The zero-order chi connectivity index (χ0) is 14.0. The van der Waals surface area contributed by atoms with Crippen LogP contribution < -0.4 is 4.72 Å². The number of rotatable bonds is 5. The molecule has 1 unspecified atom stereocenters. The van der Waals surface area contributed by atoms with Crippen LogP contribution in [0.5, 0.6) is 0 Å². The van der Waals surface area contributed by atoms with E-state index in [9.17, 15) is 8.42 Å². The number of aryl methyl sites for hydroxylation is 2. The minimum atomic E-state index is -3.47. The SMILES string of the molecule is Cc1cc(CS(=O)(=O)NC(C)c2ncc(C)s2)no1. The predicted molar refractivity (Wildman–Crippen MR) is 72.3 cm³/mol. The molecule has 1 atom stereocenters. The highest BCUT2D eigenvalue weighted by Gasteiger charge is 2.20. The highest BCUT2D eigenvalue weighted by Crippen LogP contribution is 2.20. The molecule has 1 N–H and O–H groups in total. The van der Waals surface area contributed by atoms with Gasteiger partial charge in [-0.15, -0.1) is 11.3 Å². The lowest BCUT2D eigenvalue weighted by atomic mass is 10.4. The van der Waals surface area contributed by atoms with Crippen molar-refractivity contribution < 1.29 is 12.9 Å². The summed E-state index contributed by atoms with van der Waals surface area (Å²) in [5.41, 5.74) is 0.396. The Morgan fingerprint density at radius 2 is 2.21 bits per heavy atom. The van der Waals surface area contributed by atoms with E-state index in [1.54, 1.807) is 26.1 Å². The van der Waals surface area contributed by atoms with Gasteiger partial charge in [0.2, 0.25) is 10.0 Å². The van der Waals surface area contributed by atoms with Crippen molar-refractivity contribution in [2.24, 2.45) is 0 Å². The standard InChI is InChI=1S/C11H15N3O3S2/c1-7-4-10(13-17-7)6-19(15,16)14-9(3)11-12-5-8(2)18-11/h4-5,9,14H,6H2,1-3H3. The molecular formula is C11H15N3O3S2. The minimum absolute atomic E-state index is 0.195. The molecule has 0 spiro atoms. The van der Waals surface area contributed by atoms with Crippen LogP contribution in [-0.4, -0.2) is 18.6 Å². The monoisotopic (exact) mass is 301 g/mol. The van der Waals surface area contributed by atoms with E-state index in [-0.39, 0.29) is 11.8 Å². The van der Waals surface area contributed by atoms with E-state index in [0.717, 1.165) is 9.88 Å². The molecule has 0 aliphatic rings. The first-order valence-electron chi connectivity index (χ1n) is 5.70. The van der Waals surface area contributed by atoms with E-state index < -0.39 is 10.0 Å². The third-order valence-corrected chi connectivity index (χ3v) is 4.86.